The number of piperazine rings is 1. The summed E-state index contributed by atoms with van der Waals surface area (Å²) in [7, 11) is 1.52. The third kappa shape index (κ3) is 5.42. The van der Waals surface area contributed by atoms with Gasteiger partial charge < -0.3 is 19.3 Å². The molecule has 228 valence electrons. The number of nitrogens with zero attached hydrogens (tertiary/aromatic N) is 3. The SMILES string of the molecule is COC1CN(C(=O)[C@@]2(C3CC3)CCC(N3CCN(c4ccc(F)c(C)c4)C(C)C3)CO2)Cc2cc(C(F)(F)F)ccc21. The Bertz CT molecular complexity index is 1320. The van der Waals surface area contributed by atoms with Gasteiger partial charge in [0.05, 0.1) is 24.8 Å². The van der Waals surface area contributed by atoms with Crippen LogP contribution in [0.5, 0.6) is 0 Å². The minimum Gasteiger partial charge on any atom is -0.375 e. The molecule has 0 radical (unpaired) electrons. The number of methoxy groups -OCH3 is 1. The van der Waals surface area contributed by atoms with E-state index < -0.39 is 23.4 Å². The average molecular weight is 590 g/mol. The summed E-state index contributed by atoms with van der Waals surface area (Å²) in [4.78, 5) is 20.6. The van der Waals surface area contributed by atoms with Crippen molar-refractivity contribution in [3.8, 4) is 0 Å². The Morgan fingerprint density at radius 1 is 1.07 bits per heavy atom. The maximum Gasteiger partial charge on any atom is 0.416 e. The Labute approximate surface area is 244 Å². The monoisotopic (exact) mass is 589 g/mol. The van der Waals surface area contributed by atoms with Gasteiger partial charge in [0, 0.05) is 51.1 Å². The lowest BCUT2D eigenvalue weighted by Gasteiger charge is -2.49. The number of benzene rings is 2. The number of hydrogen-bond acceptors (Lipinski definition) is 5. The summed E-state index contributed by atoms with van der Waals surface area (Å²) in [5.74, 6) is -0.193. The van der Waals surface area contributed by atoms with Crippen LogP contribution in [0.15, 0.2) is 36.4 Å². The molecule has 4 atom stereocenters. The van der Waals surface area contributed by atoms with E-state index in [0.717, 1.165) is 56.7 Å². The van der Waals surface area contributed by atoms with Crippen LogP contribution in [0, 0.1) is 18.7 Å². The highest BCUT2D eigenvalue weighted by Crippen LogP contribution is 2.49. The fraction of sp³-hybridized carbons (Fsp3) is 0.594. The first kappa shape index (κ1) is 29.4. The van der Waals surface area contributed by atoms with Crippen LogP contribution in [-0.4, -0.2) is 73.3 Å². The van der Waals surface area contributed by atoms with Gasteiger partial charge in [-0.05, 0) is 92.5 Å². The van der Waals surface area contributed by atoms with E-state index in [0.29, 0.717) is 29.7 Å². The first-order chi connectivity index (χ1) is 20.0. The van der Waals surface area contributed by atoms with Crippen molar-refractivity contribution in [3.05, 3.63) is 64.5 Å². The van der Waals surface area contributed by atoms with Crippen LogP contribution in [-0.2, 0) is 27.0 Å². The Kier molecular flexibility index (Phi) is 7.77. The summed E-state index contributed by atoms with van der Waals surface area (Å²) >= 11 is 0. The molecule has 0 N–H and O–H groups in total. The van der Waals surface area contributed by atoms with Crippen LogP contribution in [0.1, 0.15) is 61.0 Å². The van der Waals surface area contributed by atoms with Crippen molar-refractivity contribution >= 4 is 11.6 Å². The summed E-state index contributed by atoms with van der Waals surface area (Å²) in [5, 5.41) is 0. The van der Waals surface area contributed by atoms with E-state index >= 15 is 0 Å². The number of anilines is 1. The molecule has 0 spiro atoms. The Morgan fingerprint density at radius 3 is 2.48 bits per heavy atom. The molecule has 1 saturated carbocycles. The molecule has 1 amide bonds. The zero-order chi connectivity index (χ0) is 29.8. The number of halogens is 4. The van der Waals surface area contributed by atoms with Gasteiger partial charge >= 0.3 is 6.18 Å². The summed E-state index contributed by atoms with van der Waals surface area (Å²) in [6.07, 6.45) is -1.70. The van der Waals surface area contributed by atoms with E-state index in [-0.39, 0.29) is 42.8 Å². The second kappa shape index (κ2) is 11.1. The van der Waals surface area contributed by atoms with Crippen molar-refractivity contribution < 1.29 is 31.8 Å². The highest BCUT2D eigenvalue weighted by atomic mass is 19.4. The fourth-order valence-electron chi connectivity index (χ4n) is 7.22. The van der Waals surface area contributed by atoms with Crippen LogP contribution in [0.3, 0.4) is 0 Å². The smallest absolute Gasteiger partial charge is 0.375 e. The van der Waals surface area contributed by atoms with Gasteiger partial charge in [-0.1, -0.05) is 6.07 Å². The van der Waals surface area contributed by atoms with Crippen molar-refractivity contribution in [3.63, 3.8) is 0 Å². The molecule has 4 aliphatic rings. The number of rotatable bonds is 5. The Balaban J connectivity index is 1.13. The first-order valence-electron chi connectivity index (χ1n) is 14.9. The summed E-state index contributed by atoms with van der Waals surface area (Å²) in [5.41, 5.74) is 1.18. The zero-order valence-corrected chi connectivity index (χ0v) is 24.4. The summed E-state index contributed by atoms with van der Waals surface area (Å²) < 4.78 is 66.4. The Morgan fingerprint density at radius 2 is 1.86 bits per heavy atom. The molecular weight excluding hydrogens is 550 g/mol. The lowest BCUT2D eigenvalue weighted by molar-refractivity contribution is -0.178. The predicted octanol–water partition coefficient (Wildman–Crippen LogP) is 5.72. The molecule has 3 unspecified atom stereocenters. The number of fused-ring (bicyclic) bond motifs is 1. The molecule has 42 heavy (non-hydrogen) atoms. The van der Waals surface area contributed by atoms with Crippen LogP contribution in [0.25, 0.3) is 0 Å². The molecule has 2 saturated heterocycles. The van der Waals surface area contributed by atoms with E-state index in [4.69, 9.17) is 9.47 Å². The molecule has 3 heterocycles. The van der Waals surface area contributed by atoms with E-state index in [1.54, 1.807) is 11.8 Å². The number of carbonyl (C=O) groups excluding carboxylic acids is 1. The number of ether oxygens (including phenoxy) is 2. The second-order valence-electron chi connectivity index (χ2n) is 12.5. The van der Waals surface area contributed by atoms with Crippen molar-refractivity contribution in [2.45, 2.75) is 76.0 Å². The third-order valence-electron chi connectivity index (χ3n) is 9.77. The van der Waals surface area contributed by atoms with Crippen LogP contribution in [0.4, 0.5) is 23.2 Å². The molecule has 1 aliphatic carbocycles. The molecule has 0 aromatic heterocycles. The van der Waals surface area contributed by atoms with Crippen molar-refractivity contribution in [2.75, 3.05) is 44.8 Å². The van der Waals surface area contributed by atoms with E-state index in [2.05, 4.69) is 16.7 Å². The highest BCUT2D eigenvalue weighted by molar-refractivity contribution is 5.86. The largest absolute Gasteiger partial charge is 0.416 e. The molecule has 6 nitrogen and oxygen atoms in total. The van der Waals surface area contributed by atoms with Crippen molar-refractivity contribution in [1.29, 1.82) is 0 Å². The average Bonchev–Trinajstić information content (AvgIpc) is 3.83. The number of hydrogen-bond donors (Lipinski definition) is 0. The van der Waals surface area contributed by atoms with Crippen LogP contribution < -0.4 is 4.90 Å². The maximum absolute atomic E-state index is 14.2. The molecule has 6 rings (SSSR count). The van der Waals surface area contributed by atoms with Gasteiger partial charge in [-0.15, -0.1) is 0 Å². The molecule has 2 aromatic carbocycles. The third-order valence-corrected chi connectivity index (χ3v) is 9.77. The van der Waals surface area contributed by atoms with Gasteiger partial charge in [0.2, 0.25) is 0 Å². The minimum atomic E-state index is -4.46. The zero-order valence-electron chi connectivity index (χ0n) is 24.4. The fourth-order valence-corrected chi connectivity index (χ4v) is 7.22. The second-order valence-corrected chi connectivity index (χ2v) is 12.5. The van der Waals surface area contributed by atoms with Crippen molar-refractivity contribution in [2.24, 2.45) is 5.92 Å². The molecule has 3 fully saturated rings. The van der Waals surface area contributed by atoms with Gasteiger partial charge in [-0.2, -0.15) is 13.2 Å². The van der Waals surface area contributed by atoms with Crippen molar-refractivity contribution in [1.82, 2.24) is 9.80 Å². The van der Waals surface area contributed by atoms with Gasteiger partial charge in [0.1, 0.15) is 11.4 Å². The quantitative estimate of drug-likeness (QED) is 0.418. The predicted molar refractivity (Wildman–Crippen MR) is 151 cm³/mol. The summed E-state index contributed by atoms with van der Waals surface area (Å²) in [6, 6.07) is 9.40. The maximum atomic E-state index is 14.2. The normalized spacial score (nSPS) is 29.0. The highest BCUT2D eigenvalue weighted by Gasteiger charge is 2.56. The van der Waals surface area contributed by atoms with E-state index in [1.807, 2.05) is 12.1 Å². The summed E-state index contributed by atoms with van der Waals surface area (Å²) in [6.45, 7) is 7.32. The molecular formula is C32H39F4N3O3. The van der Waals surface area contributed by atoms with Gasteiger partial charge in [0.15, 0.2) is 0 Å². The van der Waals surface area contributed by atoms with Gasteiger partial charge in [-0.25, -0.2) is 4.39 Å². The standard InChI is InChI=1S/C32H39F4N3O3/c1-20-14-25(7-9-28(20)33)39-13-12-37(16-21(39)2)26-10-11-31(42-19-26,23-4-5-23)30(40)38-17-22-15-24(32(34,35)36)6-8-27(22)29(18-38)41-3/h6-9,14-15,21,23,26,29H,4-5,10-13,16-19H2,1-3H3/t21?,26?,29?,31-/m0/s1. The number of carbonyl (C=O) groups is 1. The number of amides is 1. The minimum absolute atomic E-state index is 0.113. The molecule has 10 heteroatoms. The Hall–Kier alpha value is -2.69. The molecule has 3 aliphatic heterocycles. The first-order valence-corrected chi connectivity index (χ1v) is 14.9. The van der Waals surface area contributed by atoms with E-state index in [1.165, 1.54) is 19.2 Å². The van der Waals surface area contributed by atoms with Crippen LogP contribution in [0.2, 0.25) is 0 Å². The van der Waals surface area contributed by atoms with Gasteiger partial charge in [0.25, 0.3) is 5.91 Å². The van der Waals surface area contributed by atoms with E-state index in [9.17, 15) is 22.4 Å². The molecule has 0 bridgehead atoms. The molecule has 2 aromatic rings. The number of aryl methyl sites for hydroxylation is 1. The lowest BCUT2D eigenvalue weighted by Crippen LogP contribution is -2.61. The topological polar surface area (TPSA) is 45.2 Å². The lowest BCUT2D eigenvalue weighted by atomic mass is 9.84. The number of alkyl halides is 3. The van der Waals surface area contributed by atoms with Gasteiger partial charge in [-0.3, -0.25) is 9.69 Å². The van der Waals surface area contributed by atoms with Crippen LogP contribution >= 0.6 is 0 Å².